The van der Waals surface area contributed by atoms with Gasteiger partial charge in [0.05, 0.1) is 11.9 Å². The monoisotopic (exact) mass is 609 g/mol. The van der Waals surface area contributed by atoms with Gasteiger partial charge >= 0.3 is 0 Å². The van der Waals surface area contributed by atoms with Crippen molar-refractivity contribution in [3.63, 3.8) is 0 Å². The topological polar surface area (TPSA) is 86.8 Å². The van der Waals surface area contributed by atoms with Crippen LogP contribution in [0, 0.1) is 13.8 Å². The lowest BCUT2D eigenvalue weighted by Crippen LogP contribution is -2.55. The summed E-state index contributed by atoms with van der Waals surface area (Å²) in [5, 5.41) is 3.62. The number of carbonyl (C=O) groups is 2. The zero-order valence-corrected chi connectivity index (χ0v) is 26.1. The molecular weight excluding hydrogens is 570 g/mol. The summed E-state index contributed by atoms with van der Waals surface area (Å²) >= 11 is 6.33. The number of amides is 2. The Balaban J connectivity index is 1.73. The van der Waals surface area contributed by atoms with E-state index in [1.807, 2.05) is 68.4 Å². The van der Waals surface area contributed by atoms with Crippen molar-refractivity contribution in [3.8, 4) is 0 Å². The van der Waals surface area contributed by atoms with Crippen LogP contribution in [0.3, 0.4) is 0 Å². The summed E-state index contributed by atoms with van der Waals surface area (Å²) in [6.45, 7) is 3.48. The molecule has 3 aromatic rings. The second kappa shape index (κ2) is 14.2. The fraction of sp³-hybridized carbons (Fsp3) is 0.394. The Kier molecular flexibility index (Phi) is 10.7. The number of aryl methyl sites for hydroxylation is 2. The number of anilines is 1. The molecule has 0 heterocycles. The molecule has 1 aliphatic rings. The van der Waals surface area contributed by atoms with Gasteiger partial charge in [0, 0.05) is 24.0 Å². The minimum Gasteiger partial charge on any atom is -0.352 e. The molecule has 0 saturated heterocycles. The first kappa shape index (κ1) is 31.6. The minimum absolute atomic E-state index is 0.0580. The molecule has 1 saturated carbocycles. The molecule has 1 unspecified atom stereocenters. The molecular formula is C33H40ClN3O4S. The van der Waals surface area contributed by atoms with E-state index in [1.54, 1.807) is 18.2 Å². The lowest BCUT2D eigenvalue weighted by Gasteiger charge is -2.35. The van der Waals surface area contributed by atoms with Crippen LogP contribution in [-0.4, -0.2) is 50.0 Å². The normalized spacial score (nSPS) is 14.7. The third kappa shape index (κ3) is 8.58. The Labute approximate surface area is 254 Å². The number of hydrogen-bond acceptors (Lipinski definition) is 4. The minimum atomic E-state index is -3.86. The van der Waals surface area contributed by atoms with Crippen molar-refractivity contribution < 1.29 is 18.0 Å². The van der Waals surface area contributed by atoms with Crippen molar-refractivity contribution in [2.24, 2.45) is 0 Å². The highest BCUT2D eigenvalue weighted by atomic mass is 35.5. The average Bonchev–Trinajstić information content (AvgIpc) is 2.95. The Morgan fingerprint density at radius 1 is 0.929 bits per heavy atom. The molecule has 0 bridgehead atoms. The highest BCUT2D eigenvalue weighted by Gasteiger charge is 2.34. The van der Waals surface area contributed by atoms with Gasteiger partial charge in [-0.25, -0.2) is 8.42 Å². The van der Waals surface area contributed by atoms with E-state index < -0.39 is 28.5 Å². The quantitative estimate of drug-likeness (QED) is 0.297. The number of nitrogens with zero attached hydrogens (tertiary/aromatic N) is 2. The molecule has 224 valence electrons. The number of rotatable bonds is 11. The van der Waals surface area contributed by atoms with Crippen LogP contribution in [0.25, 0.3) is 0 Å². The van der Waals surface area contributed by atoms with Crippen LogP contribution >= 0.6 is 11.6 Å². The molecule has 1 aliphatic carbocycles. The molecule has 2 amide bonds. The molecule has 0 aromatic heterocycles. The lowest BCUT2D eigenvalue weighted by atomic mass is 9.94. The van der Waals surface area contributed by atoms with E-state index >= 15 is 0 Å². The first-order valence-electron chi connectivity index (χ1n) is 14.4. The van der Waals surface area contributed by atoms with Gasteiger partial charge in [-0.15, -0.1) is 0 Å². The summed E-state index contributed by atoms with van der Waals surface area (Å²) in [7, 11) is -3.86. The molecule has 0 spiro atoms. The van der Waals surface area contributed by atoms with Gasteiger partial charge in [0.2, 0.25) is 21.8 Å². The third-order valence-electron chi connectivity index (χ3n) is 7.78. The van der Waals surface area contributed by atoms with Crippen LogP contribution in [0.1, 0.15) is 54.4 Å². The largest absolute Gasteiger partial charge is 0.352 e. The van der Waals surface area contributed by atoms with Gasteiger partial charge in [-0.1, -0.05) is 97.1 Å². The fourth-order valence-corrected chi connectivity index (χ4v) is 6.47. The zero-order chi connectivity index (χ0) is 30.3. The molecule has 1 fully saturated rings. The van der Waals surface area contributed by atoms with Gasteiger partial charge in [0.25, 0.3) is 0 Å². The van der Waals surface area contributed by atoms with Crippen LogP contribution < -0.4 is 9.62 Å². The molecule has 0 radical (unpaired) electrons. The van der Waals surface area contributed by atoms with Crippen molar-refractivity contribution in [3.05, 3.63) is 100 Å². The van der Waals surface area contributed by atoms with Crippen molar-refractivity contribution in [2.45, 2.75) is 71.0 Å². The second-order valence-corrected chi connectivity index (χ2v) is 13.6. The van der Waals surface area contributed by atoms with E-state index in [2.05, 4.69) is 5.32 Å². The average molecular weight is 610 g/mol. The molecule has 3 aromatic carbocycles. The maximum atomic E-state index is 14.2. The number of sulfonamides is 1. The summed E-state index contributed by atoms with van der Waals surface area (Å²) in [4.78, 5) is 29.8. The molecule has 9 heteroatoms. The molecule has 42 heavy (non-hydrogen) atoms. The summed E-state index contributed by atoms with van der Waals surface area (Å²) in [6.07, 6.45) is 6.45. The smallest absolute Gasteiger partial charge is 0.244 e. The van der Waals surface area contributed by atoms with E-state index in [9.17, 15) is 18.0 Å². The zero-order valence-electron chi connectivity index (χ0n) is 24.6. The van der Waals surface area contributed by atoms with Gasteiger partial charge in [0.15, 0.2) is 0 Å². The van der Waals surface area contributed by atoms with Gasteiger partial charge in [-0.05, 0) is 55.5 Å². The van der Waals surface area contributed by atoms with E-state index in [0.29, 0.717) is 17.1 Å². The number of hydrogen-bond donors (Lipinski definition) is 1. The van der Waals surface area contributed by atoms with Crippen LogP contribution in [0.15, 0.2) is 72.8 Å². The predicted molar refractivity (Wildman–Crippen MR) is 169 cm³/mol. The number of benzene rings is 3. The van der Waals surface area contributed by atoms with Crippen LogP contribution in [0.2, 0.25) is 5.02 Å². The highest BCUT2D eigenvalue weighted by Crippen LogP contribution is 2.26. The first-order chi connectivity index (χ1) is 20.0. The van der Waals surface area contributed by atoms with Crippen molar-refractivity contribution in [1.82, 2.24) is 10.2 Å². The van der Waals surface area contributed by atoms with Crippen LogP contribution in [-0.2, 0) is 32.6 Å². The third-order valence-corrected chi connectivity index (χ3v) is 9.33. The van der Waals surface area contributed by atoms with Gasteiger partial charge in [-0.2, -0.15) is 0 Å². The Morgan fingerprint density at radius 2 is 1.62 bits per heavy atom. The molecule has 7 nitrogen and oxygen atoms in total. The molecule has 1 atom stereocenters. The Morgan fingerprint density at radius 3 is 2.26 bits per heavy atom. The van der Waals surface area contributed by atoms with Crippen molar-refractivity contribution in [2.75, 3.05) is 17.1 Å². The maximum Gasteiger partial charge on any atom is 0.244 e. The van der Waals surface area contributed by atoms with Gasteiger partial charge in [-0.3, -0.25) is 13.9 Å². The first-order valence-corrected chi connectivity index (χ1v) is 16.7. The number of nitrogens with one attached hydrogen (secondary N) is 1. The highest BCUT2D eigenvalue weighted by molar-refractivity contribution is 7.92. The number of halogens is 1. The van der Waals surface area contributed by atoms with Crippen molar-refractivity contribution in [1.29, 1.82) is 0 Å². The van der Waals surface area contributed by atoms with E-state index in [1.165, 1.54) is 4.90 Å². The van der Waals surface area contributed by atoms with Crippen molar-refractivity contribution >= 4 is 39.1 Å². The maximum absolute atomic E-state index is 14.2. The van der Waals surface area contributed by atoms with Gasteiger partial charge < -0.3 is 10.2 Å². The lowest BCUT2D eigenvalue weighted by molar-refractivity contribution is -0.140. The van der Waals surface area contributed by atoms with E-state index in [-0.39, 0.29) is 18.5 Å². The van der Waals surface area contributed by atoms with Gasteiger partial charge in [0.1, 0.15) is 12.6 Å². The summed E-state index contributed by atoms with van der Waals surface area (Å²) < 4.78 is 27.0. The second-order valence-electron chi connectivity index (χ2n) is 11.3. The summed E-state index contributed by atoms with van der Waals surface area (Å²) in [5.41, 5.74) is 3.88. The Hall–Kier alpha value is -3.36. The van der Waals surface area contributed by atoms with Crippen LogP contribution in [0.5, 0.6) is 0 Å². The van der Waals surface area contributed by atoms with E-state index in [4.69, 9.17) is 11.6 Å². The SMILES string of the molecule is Cc1cccc(CN(C(=O)CN(c2ccc(C)c(Cl)c2)S(C)(=O)=O)C(Cc2ccccc2)C(=O)NC2CCCCC2)c1. The van der Waals surface area contributed by atoms with E-state index in [0.717, 1.165) is 64.9 Å². The number of carbonyl (C=O) groups excluding carboxylic acids is 2. The Bertz CT molecular complexity index is 1490. The summed E-state index contributed by atoms with van der Waals surface area (Å²) in [6, 6.07) is 21.5. The standard InChI is InChI=1S/C33H40ClN3O4S/c1-24-11-10-14-27(19-24)22-36(32(38)23-37(42(3,40)41)29-18-17-25(2)30(34)21-29)31(20-26-12-6-4-7-13-26)33(39)35-28-15-8-5-9-16-28/h4,6-7,10-14,17-19,21,28,31H,5,8-9,15-16,20,22-23H2,1-3H3,(H,35,39). The fourth-order valence-electron chi connectivity index (χ4n) is 5.46. The summed E-state index contributed by atoms with van der Waals surface area (Å²) in [5.74, 6) is -0.700. The van der Waals surface area contributed by atoms with Crippen LogP contribution in [0.4, 0.5) is 5.69 Å². The predicted octanol–water partition coefficient (Wildman–Crippen LogP) is 5.81. The molecule has 1 N–H and O–H groups in total. The molecule has 0 aliphatic heterocycles. The molecule has 4 rings (SSSR count).